The minimum atomic E-state index is -4.91. The van der Waals surface area contributed by atoms with E-state index in [0.717, 1.165) is 13.8 Å². The van der Waals surface area contributed by atoms with Crippen LogP contribution in [0.5, 0.6) is 0 Å². The summed E-state index contributed by atoms with van der Waals surface area (Å²) >= 11 is 5.91. The molecule has 0 aliphatic carbocycles. The Labute approximate surface area is 131 Å². The molecular formula is C12H20ClF5N2O2. The second-order valence-corrected chi connectivity index (χ2v) is 6.11. The van der Waals surface area contributed by atoms with E-state index in [-0.39, 0.29) is 19.7 Å². The number of methoxy groups -OCH3 is 1. The molecule has 0 bridgehead atoms. The second kappa shape index (κ2) is 6.72. The number of nitrogens with zero attached hydrogens (tertiary/aromatic N) is 2. The predicted octanol–water partition coefficient (Wildman–Crippen LogP) is 3.07. The van der Waals surface area contributed by atoms with Crippen LogP contribution >= 0.6 is 11.6 Å². The highest BCUT2D eigenvalue weighted by Gasteiger charge is 2.58. The van der Waals surface area contributed by atoms with Gasteiger partial charge in [-0.3, -0.25) is 4.74 Å². The Hall–Kier alpha value is -0.220. The molecule has 1 aliphatic heterocycles. The molecule has 0 saturated carbocycles. The van der Waals surface area contributed by atoms with Crippen LogP contribution in [0.2, 0.25) is 0 Å². The molecule has 0 radical (unpaired) electrons. The van der Waals surface area contributed by atoms with Crippen molar-refractivity contribution in [3.8, 4) is 0 Å². The Morgan fingerprint density at radius 2 is 1.86 bits per heavy atom. The van der Waals surface area contributed by atoms with Gasteiger partial charge in [-0.25, -0.2) is 9.80 Å². The van der Waals surface area contributed by atoms with Gasteiger partial charge in [-0.1, -0.05) is 0 Å². The van der Waals surface area contributed by atoms with Gasteiger partial charge in [-0.05, 0) is 20.8 Å². The monoisotopic (exact) mass is 354 g/mol. The highest BCUT2D eigenvalue weighted by Crippen LogP contribution is 2.40. The second-order valence-electron chi connectivity index (χ2n) is 5.61. The van der Waals surface area contributed by atoms with Crippen molar-refractivity contribution in [1.29, 1.82) is 0 Å². The first-order valence-electron chi connectivity index (χ1n) is 6.64. The normalized spacial score (nSPS) is 25.6. The first-order chi connectivity index (χ1) is 9.83. The van der Waals surface area contributed by atoms with Crippen molar-refractivity contribution in [2.75, 3.05) is 26.8 Å². The topological polar surface area (TPSA) is 24.9 Å². The number of alkyl halides is 6. The summed E-state index contributed by atoms with van der Waals surface area (Å²) in [5.41, 5.74) is -2.90. The number of halogens is 6. The molecule has 0 aromatic carbocycles. The summed E-state index contributed by atoms with van der Waals surface area (Å²) in [5, 5.41) is 0. The Balaban J connectivity index is 2.91. The smallest absolute Gasteiger partial charge is 0.383 e. The number of rotatable bonds is 6. The van der Waals surface area contributed by atoms with Gasteiger partial charge in [0.05, 0.1) is 12.2 Å². The van der Waals surface area contributed by atoms with Gasteiger partial charge in [0.15, 0.2) is 0 Å². The van der Waals surface area contributed by atoms with Crippen molar-refractivity contribution >= 4 is 11.6 Å². The molecule has 0 N–H and O–H groups in total. The molecule has 1 rings (SSSR count). The van der Waals surface area contributed by atoms with E-state index in [4.69, 9.17) is 16.3 Å². The molecule has 0 amide bonds. The number of hydrogen-bond donors (Lipinski definition) is 0. The lowest BCUT2D eigenvalue weighted by Crippen LogP contribution is -2.58. The van der Waals surface area contributed by atoms with Crippen LogP contribution in [0.3, 0.4) is 0 Å². The fraction of sp³-hybridized carbons (Fsp3) is 1.00. The van der Waals surface area contributed by atoms with E-state index >= 15 is 0 Å². The van der Waals surface area contributed by atoms with Gasteiger partial charge >= 0.3 is 12.5 Å². The van der Waals surface area contributed by atoms with Crippen LogP contribution < -0.4 is 0 Å². The molecule has 0 aromatic heterocycles. The fourth-order valence-corrected chi connectivity index (χ4v) is 2.68. The molecule has 1 saturated heterocycles. The van der Waals surface area contributed by atoms with Gasteiger partial charge < -0.3 is 4.74 Å². The third-order valence-corrected chi connectivity index (χ3v) is 4.14. The van der Waals surface area contributed by atoms with E-state index in [1.165, 1.54) is 14.0 Å². The quantitative estimate of drug-likeness (QED) is 0.416. The standard InChI is InChI=1S/C12H20ClF5N2O2/c1-8(10(2,3)22-11(14,15)16)20-7-9(13)19(5-6-21-4)12(20,17)18/h8-9H,5-7H2,1-4H3. The number of hydrogen-bond acceptors (Lipinski definition) is 4. The average molecular weight is 355 g/mol. The van der Waals surface area contributed by atoms with Crippen LogP contribution in [0.25, 0.3) is 0 Å². The van der Waals surface area contributed by atoms with Gasteiger partial charge in [-0.2, -0.15) is 8.78 Å². The minimum absolute atomic E-state index is 0.0312. The van der Waals surface area contributed by atoms with E-state index in [1.807, 2.05) is 0 Å². The van der Waals surface area contributed by atoms with Crippen LogP contribution in [-0.2, 0) is 9.47 Å². The number of ether oxygens (including phenoxy) is 2. The van der Waals surface area contributed by atoms with Crippen LogP contribution in [0.1, 0.15) is 20.8 Å². The molecule has 0 spiro atoms. The first-order valence-corrected chi connectivity index (χ1v) is 7.08. The van der Waals surface area contributed by atoms with Gasteiger partial charge in [0.25, 0.3) is 0 Å². The van der Waals surface area contributed by atoms with Gasteiger partial charge in [0, 0.05) is 26.2 Å². The maximum absolute atomic E-state index is 14.4. The maximum Gasteiger partial charge on any atom is 0.523 e. The summed E-state index contributed by atoms with van der Waals surface area (Å²) in [6, 6.07) is -1.22. The van der Waals surface area contributed by atoms with E-state index in [9.17, 15) is 22.0 Å². The average Bonchev–Trinajstić information content (AvgIpc) is 2.53. The minimum Gasteiger partial charge on any atom is -0.383 e. The zero-order valence-electron chi connectivity index (χ0n) is 12.8. The predicted molar refractivity (Wildman–Crippen MR) is 70.6 cm³/mol. The van der Waals surface area contributed by atoms with E-state index < -0.39 is 29.7 Å². The molecule has 132 valence electrons. The maximum atomic E-state index is 14.4. The fourth-order valence-electron chi connectivity index (χ4n) is 2.32. The lowest BCUT2D eigenvalue weighted by Gasteiger charge is -2.41. The lowest BCUT2D eigenvalue weighted by molar-refractivity contribution is -0.373. The van der Waals surface area contributed by atoms with Crippen molar-refractivity contribution in [3.05, 3.63) is 0 Å². The van der Waals surface area contributed by atoms with Gasteiger partial charge in [-0.15, -0.1) is 24.8 Å². The zero-order chi connectivity index (χ0) is 17.3. The van der Waals surface area contributed by atoms with E-state index in [1.54, 1.807) is 0 Å². The molecule has 0 aromatic rings. The molecule has 1 fully saturated rings. The molecule has 1 heterocycles. The van der Waals surface area contributed by atoms with Gasteiger partial charge in [0.1, 0.15) is 5.50 Å². The Kier molecular flexibility index (Phi) is 6.06. The van der Waals surface area contributed by atoms with Crippen molar-refractivity contribution in [1.82, 2.24) is 9.80 Å². The molecule has 1 aliphatic rings. The molecule has 2 atom stereocenters. The molecule has 4 nitrogen and oxygen atoms in total. The van der Waals surface area contributed by atoms with Crippen LogP contribution in [0, 0.1) is 0 Å². The molecule has 10 heteroatoms. The summed E-state index contributed by atoms with van der Waals surface area (Å²) in [5.74, 6) is 0. The summed E-state index contributed by atoms with van der Waals surface area (Å²) in [7, 11) is 1.36. The molecule has 2 unspecified atom stereocenters. The lowest BCUT2D eigenvalue weighted by atomic mass is 9.99. The highest BCUT2D eigenvalue weighted by molar-refractivity contribution is 6.20. The Bertz CT molecular complexity index is 381. The van der Waals surface area contributed by atoms with Gasteiger partial charge in [0.2, 0.25) is 0 Å². The largest absolute Gasteiger partial charge is 0.523 e. The molecule has 22 heavy (non-hydrogen) atoms. The summed E-state index contributed by atoms with van der Waals surface area (Å²) < 4.78 is 74.9. The van der Waals surface area contributed by atoms with Crippen LogP contribution in [0.4, 0.5) is 22.0 Å². The van der Waals surface area contributed by atoms with Crippen molar-refractivity contribution in [2.24, 2.45) is 0 Å². The molecular weight excluding hydrogens is 335 g/mol. The van der Waals surface area contributed by atoms with Crippen LogP contribution in [-0.4, -0.2) is 66.3 Å². The first kappa shape index (κ1) is 19.8. The SMILES string of the molecule is COCCN1C(Cl)CN(C(C)C(C)(C)OC(F)(F)F)C1(F)F. The van der Waals surface area contributed by atoms with Crippen LogP contribution in [0.15, 0.2) is 0 Å². The summed E-state index contributed by atoms with van der Waals surface area (Å²) in [4.78, 5) is 1.31. The van der Waals surface area contributed by atoms with Crippen molar-refractivity contribution < 1.29 is 31.4 Å². The van der Waals surface area contributed by atoms with Crippen molar-refractivity contribution in [3.63, 3.8) is 0 Å². The van der Waals surface area contributed by atoms with E-state index in [0.29, 0.717) is 9.80 Å². The summed E-state index contributed by atoms with van der Waals surface area (Å²) in [6.07, 6.45) is -8.40. The zero-order valence-corrected chi connectivity index (χ0v) is 13.5. The third kappa shape index (κ3) is 4.41. The summed E-state index contributed by atoms with van der Waals surface area (Å²) in [6.45, 7) is 3.09. The Morgan fingerprint density at radius 1 is 1.32 bits per heavy atom. The highest BCUT2D eigenvalue weighted by atomic mass is 35.5. The third-order valence-electron chi connectivity index (χ3n) is 3.77. The van der Waals surface area contributed by atoms with Crippen molar-refractivity contribution in [2.45, 2.75) is 50.4 Å². The Morgan fingerprint density at radius 3 is 2.32 bits per heavy atom. The van der Waals surface area contributed by atoms with E-state index in [2.05, 4.69) is 4.74 Å².